The van der Waals surface area contributed by atoms with Crippen molar-refractivity contribution in [3.05, 3.63) is 36.7 Å². The number of pyridine rings is 1. The van der Waals surface area contributed by atoms with Gasteiger partial charge >= 0.3 is 0 Å². The fraction of sp³-hybridized carbons (Fsp3) is 0.357. The van der Waals surface area contributed by atoms with Crippen LogP contribution in [0.15, 0.2) is 41.6 Å². The van der Waals surface area contributed by atoms with E-state index in [1.807, 2.05) is 13.0 Å². The molecule has 0 aliphatic heterocycles. The first-order valence-electron chi connectivity index (χ1n) is 6.47. The number of hydrogen-bond acceptors (Lipinski definition) is 3. The van der Waals surface area contributed by atoms with Crippen LogP contribution in [0, 0.1) is 0 Å². The normalized spacial score (nSPS) is 13.5. The molecule has 1 atom stereocenters. The summed E-state index contributed by atoms with van der Waals surface area (Å²) in [6.45, 7) is 2.49. The van der Waals surface area contributed by atoms with Crippen LogP contribution in [-0.2, 0) is 10.0 Å². The van der Waals surface area contributed by atoms with Gasteiger partial charge in [-0.25, -0.2) is 13.1 Å². The van der Waals surface area contributed by atoms with E-state index in [4.69, 9.17) is 0 Å². The van der Waals surface area contributed by atoms with Gasteiger partial charge in [0.15, 0.2) is 0 Å². The van der Waals surface area contributed by atoms with Gasteiger partial charge in [0, 0.05) is 34.5 Å². The fourth-order valence-corrected chi connectivity index (χ4v) is 3.62. The lowest BCUT2D eigenvalue weighted by Crippen LogP contribution is -2.25. The van der Waals surface area contributed by atoms with Crippen molar-refractivity contribution in [2.45, 2.75) is 29.5 Å². The molecule has 1 aromatic carbocycles. The van der Waals surface area contributed by atoms with E-state index in [0.29, 0.717) is 21.7 Å². The van der Waals surface area contributed by atoms with Crippen LogP contribution in [0.1, 0.15) is 19.8 Å². The molecule has 0 saturated heterocycles. The third-order valence-electron chi connectivity index (χ3n) is 3.00. The van der Waals surface area contributed by atoms with Crippen molar-refractivity contribution < 1.29 is 8.42 Å². The molecule has 20 heavy (non-hydrogen) atoms. The molecule has 1 unspecified atom stereocenters. The Kier molecular flexibility index (Phi) is 5.12. The van der Waals surface area contributed by atoms with Gasteiger partial charge in [-0.2, -0.15) is 0 Å². The Morgan fingerprint density at radius 2 is 2.15 bits per heavy atom. The van der Waals surface area contributed by atoms with Crippen LogP contribution in [0.25, 0.3) is 10.8 Å². The molecule has 0 radical (unpaired) electrons. The molecule has 2 aromatic rings. The number of rotatable bonds is 6. The number of aromatic nitrogens is 1. The second kappa shape index (κ2) is 6.65. The molecule has 2 rings (SSSR count). The number of fused-ring (bicyclic) bond motifs is 1. The Labute approximate surface area is 127 Å². The fourth-order valence-electron chi connectivity index (χ4n) is 1.99. The smallest absolute Gasteiger partial charge is 0.241 e. The lowest BCUT2D eigenvalue weighted by Gasteiger charge is -2.09. The van der Waals surface area contributed by atoms with E-state index >= 15 is 0 Å². The molecule has 0 saturated carbocycles. The number of halogens is 1. The quantitative estimate of drug-likeness (QED) is 0.639. The molecule has 6 heteroatoms. The van der Waals surface area contributed by atoms with Crippen molar-refractivity contribution in [3.8, 4) is 0 Å². The molecule has 0 aliphatic rings. The molecular weight excluding hydrogens is 340 g/mol. The van der Waals surface area contributed by atoms with E-state index in [0.717, 1.165) is 18.2 Å². The van der Waals surface area contributed by atoms with Crippen molar-refractivity contribution in [3.63, 3.8) is 0 Å². The van der Waals surface area contributed by atoms with E-state index in [1.54, 1.807) is 30.6 Å². The van der Waals surface area contributed by atoms with Gasteiger partial charge < -0.3 is 0 Å². The molecule has 0 spiro atoms. The Bertz CT molecular complexity index is 681. The molecule has 1 N–H and O–H groups in total. The number of nitrogens with zero attached hydrogens (tertiary/aromatic N) is 1. The summed E-state index contributed by atoms with van der Waals surface area (Å²) in [5.74, 6) is 0. The Morgan fingerprint density at radius 3 is 2.90 bits per heavy atom. The van der Waals surface area contributed by atoms with Crippen LogP contribution in [-0.4, -0.2) is 24.8 Å². The van der Waals surface area contributed by atoms with Crippen molar-refractivity contribution in [1.29, 1.82) is 0 Å². The monoisotopic (exact) mass is 356 g/mol. The highest BCUT2D eigenvalue weighted by atomic mass is 79.9. The van der Waals surface area contributed by atoms with Crippen LogP contribution < -0.4 is 4.72 Å². The highest BCUT2D eigenvalue weighted by molar-refractivity contribution is 9.09. The minimum absolute atomic E-state index is 0.310. The van der Waals surface area contributed by atoms with Gasteiger partial charge in [0.1, 0.15) is 0 Å². The summed E-state index contributed by atoms with van der Waals surface area (Å²) in [6.07, 6.45) is 5.01. The van der Waals surface area contributed by atoms with E-state index in [1.165, 1.54) is 0 Å². The molecular formula is C14H17BrN2O2S. The van der Waals surface area contributed by atoms with Crippen LogP contribution in [0.5, 0.6) is 0 Å². The number of nitrogens with one attached hydrogen (secondary N) is 1. The lowest BCUT2D eigenvalue weighted by atomic mass is 10.2. The maximum Gasteiger partial charge on any atom is 0.241 e. The molecule has 0 aliphatic carbocycles. The first kappa shape index (κ1) is 15.4. The van der Waals surface area contributed by atoms with Crippen molar-refractivity contribution in [2.75, 3.05) is 6.54 Å². The van der Waals surface area contributed by atoms with Gasteiger partial charge in [-0.3, -0.25) is 4.98 Å². The molecule has 1 heterocycles. The number of sulfonamides is 1. The molecule has 1 aromatic heterocycles. The van der Waals surface area contributed by atoms with E-state index in [-0.39, 0.29) is 0 Å². The summed E-state index contributed by atoms with van der Waals surface area (Å²) in [5, 5.41) is 1.52. The molecule has 0 amide bonds. The lowest BCUT2D eigenvalue weighted by molar-refractivity contribution is 0.577. The highest BCUT2D eigenvalue weighted by Gasteiger charge is 2.16. The average Bonchev–Trinajstić information content (AvgIpc) is 2.43. The molecule has 0 fully saturated rings. The van der Waals surface area contributed by atoms with E-state index in [2.05, 4.69) is 25.6 Å². The predicted molar refractivity (Wildman–Crippen MR) is 84.6 cm³/mol. The van der Waals surface area contributed by atoms with Crippen LogP contribution >= 0.6 is 15.9 Å². The summed E-state index contributed by atoms with van der Waals surface area (Å²) in [5.41, 5.74) is 0. The minimum Gasteiger partial charge on any atom is -0.264 e. The SMILES string of the molecule is CC(Br)CCCNS(=O)(=O)c1cccc2cnccc12. The Hall–Kier alpha value is -0.980. The predicted octanol–water partition coefficient (Wildman–Crippen LogP) is 3.08. The zero-order valence-electron chi connectivity index (χ0n) is 11.2. The van der Waals surface area contributed by atoms with Crippen LogP contribution in [0.4, 0.5) is 0 Å². The summed E-state index contributed by atoms with van der Waals surface area (Å²) >= 11 is 3.45. The number of hydrogen-bond donors (Lipinski definition) is 1. The van der Waals surface area contributed by atoms with Gasteiger partial charge in [-0.05, 0) is 25.0 Å². The second-order valence-corrected chi connectivity index (χ2v) is 7.97. The third-order valence-corrected chi connectivity index (χ3v) is 4.98. The topological polar surface area (TPSA) is 59.1 Å². The van der Waals surface area contributed by atoms with Gasteiger partial charge in [0.25, 0.3) is 0 Å². The van der Waals surface area contributed by atoms with Crippen LogP contribution in [0.3, 0.4) is 0 Å². The number of alkyl halides is 1. The average molecular weight is 357 g/mol. The molecule has 4 nitrogen and oxygen atoms in total. The van der Waals surface area contributed by atoms with Crippen molar-refractivity contribution >= 4 is 36.7 Å². The first-order chi connectivity index (χ1) is 9.50. The summed E-state index contributed by atoms with van der Waals surface area (Å²) < 4.78 is 27.3. The molecule has 108 valence electrons. The molecule has 0 bridgehead atoms. The summed E-state index contributed by atoms with van der Waals surface area (Å²) in [7, 11) is -3.48. The summed E-state index contributed by atoms with van der Waals surface area (Å²) in [4.78, 5) is 4.72. The zero-order valence-corrected chi connectivity index (χ0v) is 13.6. The van der Waals surface area contributed by atoms with E-state index in [9.17, 15) is 8.42 Å². The third kappa shape index (κ3) is 3.77. The Balaban J connectivity index is 2.19. The van der Waals surface area contributed by atoms with Crippen LogP contribution in [0.2, 0.25) is 0 Å². The van der Waals surface area contributed by atoms with Crippen molar-refractivity contribution in [2.24, 2.45) is 0 Å². The standard InChI is InChI=1S/C14H17BrN2O2S/c1-11(15)4-3-8-17-20(18,19)14-6-2-5-12-10-16-9-7-13(12)14/h2,5-7,9-11,17H,3-4,8H2,1H3. The maximum absolute atomic E-state index is 12.3. The largest absolute Gasteiger partial charge is 0.264 e. The Morgan fingerprint density at radius 1 is 1.35 bits per heavy atom. The number of benzene rings is 1. The van der Waals surface area contributed by atoms with Gasteiger partial charge in [-0.1, -0.05) is 35.0 Å². The second-order valence-electron chi connectivity index (χ2n) is 4.67. The first-order valence-corrected chi connectivity index (χ1v) is 8.87. The maximum atomic E-state index is 12.3. The highest BCUT2D eigenvalue weighted by Crippen LogP contribution is 2.21. The van der Waals surface area contributed by atoms with Crippen molar-refractivity contribution in [1.82, 2.24) is 9.71 Å². The van der Waals surface area contributed by atoms with Gasteiger partial charge in [0.05, 0.1) is 4.90 Å². The zero-order chi connectivity index (χ0) is 14.6. The van der Waals surface area contributed by atoms with Gasteiger partial charge in [-0.15, -0.1) is 0 Å². The summed E-state index contributed by atoms with van der Waals surface area (Å²) in [6, 6.07) is 6.94. The minimum atomic E-state index is -3.48. The van der Waals surface area contributed by atoms with E-state index < -0.39 is 10.0 Å². The van der Waals surface area contributed by atoms with Gasteiger partial charge in [0.2, 0.25) is 10.0 Å².